The zero-order valence-corrected chi connectivity index (χ0v) is 20.0. The first kappa shape index (κ1) is 23.4. The molecule has 0 unspecified atom stereocenters. The first-order valence-corrected chi connectivity index (χ1v) is 13.0. The third kappa shape index (κ3) is 5.77. The van der Waals surface area contributed by atoms with Crippen LogP contribution in [0.4, 0.5) is 10.8 Å². The number of halogens is 1. The summed E-state index contributed by atoms with van der Waals surface area (Å²) in [5.74, 6) is -0.523. The monoisotopic (exact) mass is 503 g/mol. The number of piperidine rings is 1. The van der Waals surface area contributed by atoms with Crippen LogP contribution in [0.5, 0.6) is 0 Å². The maximum absolute atomic E-state index is 12.9. The van der Waals surface area contributed by atoms with Crippen molar-refractivity contribution in [2.24, 2.45) is 5.10 Å². The number of thiazole rings is 1. The minimum atomic E-state index is -3.63. The molecule has 172 valence electrons. The van der Waals surface area contributed by atoms with Gasteiger partial charge in [0.05, 0.1) is 16.0 Å². The molecule has 0 bridgehead atoms. The average molecular weight is 504 g/mol. The number of anilines is 2. The van der Waals surface area contributed by atoms with Gasteiger partial charge in [-0.2, -0.15) is 9.41 Å². The van der Waals surface area contributed by atoms with E-state index in [2.05, 4.69) is 20.8 Å². The van der Waals surface area contributed by atoms with Crippen LogP contribution in [0.1, 0.15) is 34.5 Å². The van der Waals surface area contributed by atoms with E-state index in [1.807, 2.05) is 30.3 Å². The molecule has 4 rings (SSSR count). The number of nitrogens with zero attached hydrogens (tertiary/aromatic N) is 3. The van der Waals surface area contributed by atoms with Gasteiger partial charge >= 0.3 is 0 Å². The number of carbonyl (C=O) groups excluding carboxylic acids is 1. The Morgan fingerprint density at radius 3 is 2.61 bits per heavy atom. The van der Waals surface area contributed by atoms with Crippen LogP contribution in [-0.2, 0) is 10.0 Å². The number of sulfonamides is 1. The van der Waals surface area contributed by atoms with Crippen LogP contribution in [0.15, 0.2) is 64.6 Å². The number of benzene rings is 2. The van der Waals surface area contributed by atoms with Crippen molar-refractivity contribution in [1.29, 1.82) is 0 Å². The van der Waals surface area contributed by atoms with Crippen molar-refractivity contribution in [2.75, 3.05) is 18.4 Å². The lowest BCUT2D eigenvalue weighted by atomic mass is 10.2. The van der Waals surface area contributed by atoms with Crippen molar-refractivity contribution in [2.45, 2.75) is 24.2 Å². The highest BCUT2D eigenvalue weighted by molar-refractivity contribution is 7.89. The Morgan fingerprint density at radius 1 is 1.09 bits per heavy atom. The maximum Gasteiger partial charge on any atom is 0.271 e. The summed E-state index contributed by atoms with van der Waals surface area (Å²) in [5.41, 5.74) is 3.49. The van der Waals surface area contributed by atoms with Gasteiger partial charge < -0.3 is 5.32 Å². The van der Waals surface area contributed by atoms with Crippen molar-refractivity contribution in [3.8, 4) is 0 Å². The molecule has 2 N–H and O–H groups in total. The van der Waals surface area contributed by atoms with Gasteiger partial charge in [0.1, 0.15) is 0 Å². The molecule has 0 spiro atoms. The predicted octanol–water partition coefficient (Wildman–Crippen LogP) is 4.48. The van der Waals surface area contributed by atoms with Gasteiger partial charge in [-0.25, -0.2) is 18.8 Å². The van der Waals surface area contributed by atoms with Crippen LogP contribution in [0.3, 0.4) is 0 Å². The van der Waals surface area contributed by atoms with Crippen molar-refractivity contribution >= 4 is 55.9 Å². The van der Waals surface area contributed by atoms with Crippen LogP contribution in [0.25, 0.3) is 0 Å². The number of nitrogens with one attached hydrogen (secondary N) is 2. The minimum absolute atomic E-state index is 0.100. The third-order valence-electron chi connectivity index (χ3n) is 5.03. The normalized spacial score (nSPS) is 14.9. The quantitative estimate of drug-likeness (QED) is 0.365. The second-order valence-corrected chi connectivity index (χ2v) is 10.7. The van der Waals surface area contributed by atoms with Gasteiger partial charge in [0.2, 0.25) is 10.0 Å². The molecule has 2 heterocycles. The molecule has 1 fully saturated rings. The molecule has 0 radical (unpaired) electrons. The van der Waals surface area contributed by atoms with Crippen molar-refractivity contribution in [3.05, 3.63) is 70.2 Å². The van der Waals surface area contributed by atoms with E-state index >= 15 is 0 Å². The van der Waals surface area contributed by atoms with Crippen LogP contribution in [-0.4, -0.2) is 42.9 Å². The fourth-order valence-electron chi connectivity index (χ4n) is 3.36. The lowest BCUT2D eigenvalue weighted by molar-refractivity contribution is 0.0955. The van der Waals surface area contributed by atoms with Crippen molar-refractivity contribution < 1.29 is 13.2 Å². The number of hydrogen-bond donors (Lipinski definition) is 2. The van der Waals surface area contributed by atoms with Gasteiger partial charge in [-0.3, -0.25) is 4.79 Å². The summed E-state index contributed by atoms with van der Waals surface area (Å²) in [5, 5.41) is 7.95. The molecule has 1 amide bonds. The van der Waals surface area contributed by atoms with E-state index < -0.39 is 15.9 Å². The molecular weight excluding hydrogens is 482 g/mol. The van der Waals surface area contributed by atoms with E-state index in [9.17, 15) is 13.2 Å². The molecule has 1 aromatic heterocycles. The predicted molar refractivity (Wildman–Crippen MR) is 131 cm³/mol. The van der Waals surface area contributed by atoms with Crippen LogP contribution < -0.4 is 10.7 Å². The molecule has 3 aromatic rings. The number of carbonyl (C=O) groups is 1. The lowest BCUT2D eigenvalue weighted by Gasteiger charge is -2.25. The summed E-state index contributed by atoms with van der Waals surface area (Å²) in [6, 6.07) is 15.5. The lowest BCUT2D eigenvalue weighted by Crippen LogP contribution is -2.35. The summed E-state index contributed by atoms with van der Waals surface area (Å²) in [6.45, 7) is 1.000. The zero-order valence-electron chi connectivity index (χ0n) is 17.6. The standard InChI is InChI=1S/C22H22ClN5O3S2/c23-20-19(32-22(26-20)25-17-9-3-1-4-10-17)15-24-27-21(29)16-8-7-11-18(14-16)33(30,31)28-12-5-2-6-13-28/h1,3-4,7-11,14-15H,2,5-6,12-13H2,(H,25,26)(H,27,29). The number of amides is 1. The summed E-state index contributed by atoms with van der Waals surface area (Å²) in [6.07, 6.45) is 4.12. The maximum atomic E-state index is 12.9. The van der Waals surface area contributed by atoms with Crippen molar-refractivity contribution in [1.82, 2.24) is 14.7 Å². The van der Waals surface area contributed by atoms with Gasteiger partial charge in [-0.15, -0.1) is 0 Å². The van der Waals surface area contributed by atoms with E-state index in [1.165, 1.54) is 34.0 Å². The molecule has 11 heteroatoms. The van der Waals surface area contributed by atoms with Gasteiger partial charge in [0, 0.05) is 24.3 Å². The Balaban J connectivity index is 1.41. The molecule has 2 aromatic carbocycles. The van der Waals surface area contributed by atoms with E-state index in [-0.39, 0.29) is 15.6 Å². The molecule has 33 heavy (non-hydrogen) atoms. The SMILES string of the molecule is O=C(NN=Cc1sc(Nc2ccccc2)nc1Cl)c1cccc(S(=O)(=O)N2CCCCC2)c1. The number of aromatic nitrogens is 1. The van der Waals surface area contributed by atoms with Crippen molar-refractivity contribution in [3.63, 3.8) is 0 Å². The minimum Gasteiger partial charge on any atom is -0.331 e. The van der Waals surface area contributed by atoms with E-state index in [0.29, 0.717) is 23.1 Å². The molecule has 1 saturated heterocycles. The van der Waals surface area contributed by atoms with Gasteiger partial charge in [0.25, 0.3) is 5.91 Å². The Labute approximate surface area is 201 Å². The van der Waals surface area contributed by atoms with Crippen LogP contribution in [0, 0.1) is 0 Å². The molecule has 1 aliphatic rings. The van der Waals surface area contributed by atoms with E-state index in [0.717, 1.165) is 24.9 Å². The summed E-state index contributed by atoms with van der Waals surface area (Å²) in [4.78, 5) is 17.4. The van der Waals surface area contributed by atoms with Crippen LogP contribution >= 0.6 is 22.9 Å². The smallest absolute Gasteiger partial charge is 0.271 e. The Kier molecular flexibility index (Phi) is 7.39. The zero-order chi connectivity index (χ0) is 23.3. The third-order valence-corrected chi connectivity index (χ3v) is 8.23. The second-order valence-electron chi connectivity index (χ2n) is 7.36. The first-order chi connectivity index (χ1) is 15.9. The summed E-state index contributed by atoms with van der Waals surface area (Å²) in [7, 11) is -3.63. The Bertz CT molecular complexity index is 1260. The highest BCUT2D eigenvalue weighted by Crippen LogP contribution is 2.28. The molecular formula is C22H22ClN5O3S2. The molecule has 0 atom stereocenters. The fraction of sp³-hybridized carbons (Fsp3) is 0.227. The van der Waals surface area contributed by atoms with E-state index in [1.54, 1.807) is 12.1 Å². The first-order valence-electron chi connectivity index (χ1n) is 10.4. The summed E-state index contributed by atoms with van der Waals surface area (Å²) < 4.78 is 27.2. The average Bonchev–Trinajstić information content (AvgIpc) is 3.19. The number of rotatable bonds is 7. The topological polar surface area (TPSA) is 104 Å². The molecule has 0 saturated carbocycles. The Morgan fingerprint density at radius 2 is 1.85 bits per heavy atom. The highest BCUT2D eigenvalue weighted by Gasteiger charge is 2.26. The van der Waals surface area contributed by atoms with Gasteiger partial charge in [-0.1, -0.05) is 53.6 Å². The molecule has 8 nitrogen and oxygen atoms in total. The number of hydrazone groups is 1. The molecule has 1 aliphatic heterocycles. The summed E-state index contributed by atoms with van der Waals surface area (Å²) >= 11 is 7.46. The highest BCUT2D eigenvalue weighted by atomic mass is 35.5. The van der Waals surface area contributed by atoms with E-state index in [4.69, 9.17) is 11.6 Å². The second kappa shape index (κ2) is 10.4. The molecule has 0 aliphatic carbocycles. The van der Waals surface area contributed by atoms with Gasteiger partial charge in [0.15, 0.2) is 10.3 Å². The van der Waals surface area contributed by atoms with Crippen LogP contribution in [0.2, 0.25) is 5.15 Å². The fourth-order valence-corrected chi connectivity index (χ4v) is 5.97. The Hall–Kier alpha value is -2.79. The van der Waals surface area contributed by atoms with Gasteiger partial charge in [-0.05, 0) is 43.2 Å². The number of para-hydroxylation sites is 1. The largest absolute Gasteiger partial charge is 0.331 e. The number of hydrogen-bond acceptors (Lipinski definition) is 7.